The molecule has 0 aliphatic carbocycles. The molecule has 1 unspecified atom stereocenters. The van der Waals surface area contributed by atoms with Gasteiger partial charge in [0.05, 0.1) is 11.5 Å². The lowest BCUT2D eigenvalue weighted by Gasteiger charge is -2.24. The lowest BCUT2D eigenvalue weighted by molar-refractivity contribution is 0.335. The van der Waals surface area contributed by atoms with E-state index >= 15 is 0 Å². The van der Waals surface area contributed by atoms with E-state index in [1.807, 2.05) is 0 Å². The summed E-state index contributed by atoms with van der Waals surface area (Å²) in [5.74, 6) is 0.612. The molecule has 3 N–H and O–H groups in total. The molecular formula is C9H20N2O2S. The van der Waals surface area contributed by atoms with Crippen LogP contribution in [0.4, 0.5) is 0 Å². The van der Waals surface area contributed by atoms with Gasteiger partial charge in [-0.1, -0.05) is 13.8 Å². The summed E-state index contributed by atoms with van der Waals surface area (Å²) in [5.41, 5.74) is 5.63. The monoisotopic (exact) mass is 220 g/mol. The second-order valence-electron chi connectivity index (χ2n) is 4.85. The lowest BCUT2D eigenvalue weighted by Crippen LogP contribution is -2.41. The highest BCUT2D eigenvalue weighted by molar-refractivity contribution is 7.91. The second kappa shape index (κ2) is 4.16. The maximum absolute atomic E-state index is 11.2. The molecule has 0 amide bonds. The first kappa shape index (κ1) is 11.9. The van der Waals surface area contributed by atoms with Gasteiger partial charge in [-0.3, -0.25) is 0 Å². The third-order valence-corrected chi connectivity index (χ3v) is 4.42. The van der Waals surface area contributed by atoms with E-state index < -0.39 is 9.84 Å². The van der Waals surface area contributed by atoms with Crippen molar-refractivity contribution in [1.82, 2.24) is 5.32 Å². The second-order valence-corrected chi connectivity index (χ2v) is 7.08. The Balaban J connectivity index is 2.34. The number of sulfone groups is 1. The molecule has 0 aromatic rings. The molecule has 0 radical (unpaired) electrons. The first-order valence-corrected chi connectivity index (χ1v) is 6.81. The standard InChI is InChI=1S/C9H20N2O2S/c1-9(2,6-10)7-11-8-3-4-14(12,13)5-8/h8,11H,3-7,10H2,1-2H3. The van der Waals surface area contributed by atoms with E-state index in [4.69, 9.17) is 5.73 Å². The van der Waals surface area contributed by atoms with Gasteiger partial charge >= 0.3 is 0 Å². The van der Waals surface area contributed by atoms with Crippen LogP contribution >= 0.6 is 0 Å². The number of hydrogen-bond donors (Lipinski definition) is 2. The minimum absolute atomic E-state index is 0.0480. The zero-order valence-electron chi connectivity index (χ0n) is 8.91. The highest BCUT2D eigenvalue weighted by Crippen LogP contribution is 2.15. The van der Waals surface area contributed by atoms with Gasteiger partial charge in [0.1, 0.15) is 0 Å². The van der Waals surface area contributed by atoms with E-state index in [9.17, 15) is 8.42 Å². The quantitative estimate of drug-likeness (QED) is 0.685. The largest absolute Gasteiger partial charge is 0.330 e. The Kier molecular flexibility index (Phi) is 3.55. The summed E-state index contributed by atoms with van der Waals surface area (Å²) < 4.78 is 22.3. The molecule has 4 nitrogen and oxygen atoms in total. The number of nitrogens with one attached hydrogen (secondary N) is 1. The van der Waals surface area contributed by atoms with E-state index in [0.29, 0.717) is 12.3 Å². The van der Waals surface area contributed by atoms with E-state index in [1.165, 1.54) is 0 Å². The van der Waals surface area contributed by atoms with Crippen LogP contribution in [0.3, 0.4) is 0 Å². The predicted molar refractivity (Wildman–Crippen MR) is 57.9 cm³/mol. The molecule has 0 aromatic carbocycles. The maximum atomic E-state index is 11.2. The molecule has 0 spiro atoms. The molecule has 84 valence electrons. The summed E-state index contributed by atoms with van der Waals surface area (Å²) in [6.45, 7) is 5.54. The fourth-order valence-corrected chi connectivity index (χ4v) is 3.16. The molecule has 1 saturated heterocycles. The molecule has 0 bridgehead atoms. The zero-order chi connectivity index (χ0) is 10.8. The molecule has 1 fully saturated rings. The zero-order valence-corrected chi connectivity index (χ0v) is 9.73. The van der Waals surface area contributed by atoms with Crippen molar-refractivity contribution >= 4 is 9.84 Å². The van der Waals surface area contributed by atoms with Gasteiger partial charge in [0.25, 0.3) is 0 Å². The van der Waals surface area contributed by atoms with Gasteiger partial charge in [-0.25, -0.2) is 8.42 Å². The first-order chi connectivity index (χ1) is 6.35. The number of rotatable bonds is 4. The van der Waals surface area contributed by atoms with E-state index in [2.05, 4.69) is 19.2 Å². The molecule has 14 heavy (non-hydrogen) atoms. The van der Waals surface area contributed by atoms with Crippen LogP contribution in [0.25, 0.3) is 0 Å². The minimum Gasteiger partial charge on any atom is -0.330 e. The van der Waals surface area contributed by atoms with E-state index in [0.717, 1.165) is 13.0 Å². The molecule has 1 atom stereocenters. The Morgan fingerprint density at radius 1 is 1.50 bits per heavy atom. The van der Waals surface area contributed by atoms with Crippen molar-refractivity contribution in [2.75, 3.05) is 24.6 Å². The van der Waals surface area contributed by atoms with Crippen LogP contribution in [0.15, 0.2) is 0 Å². The van der Waals surface area contributed by atoms with Gasteiger partial charge in [0.2, 0.25) is 0 Å². The first-order valence-electron chi connectivity index (χ1n) is 4.98. The van der Waals surface area contributed by atoms with Gasteiger partial charge in [0, 0.05) is 12.6 Å². The fourth-order valence-electron chi connectivity index (χ4n) is 1.45. The molecular weight excluding hydrogens is 200 g/mol. The average molecular weight is 220 g/mol. The van der Waals surface area contributed by atoms with Gasteiger partial charge in [-0.05, 0) is 18.4 Å². The summed E-state index contributed by atoms with van der Waals surface area (Å²) in [6, 6.07) is 0.130. The molecule has 1 heterocycles. The Morgan fingerprint density at radius 2 is 2.14 bits per heavy atom. The average Bonchev–Trinajstić information content (AvgIpc) is 2.43. The topological polar surface area (TPSA) is 72.2 Å². The lowest BCUT2D eigenvalue weighted by atomic mass is 9.93. The molecule has 1 aliphatic rings. The summed E-state index contributed by atoms with van der Waals surface area (Å²) in [5, 5.41) is 3.27. The van der Waals surface area contributed by atoms with Crippen LogP contribution in [0.2, 0.25) is 0 Å². The van der Waals surface area contributed by atoms with Crippen LogP contribution in [0.5, 0.6) is 0 Å². The Bertz CT molecular complexity index is 285. The van der Waals surface area contributed by atoms with E-state index in [1.54, 1.807) is 0 Å². The fraction of sp³-hybridized carbons (Fsp3) is 1.00. The van der Waals surface area contributed by atoms with Crippen LogP contribution in [-0.4, -0.2) is 39.1 Å². The van der Waals surface area contributed by atoms with Crippen molar-refractivity contribution in [3.63, 3.8) is 0 Å². The Labute approximate surface area is 86.2 Å². The predicted octanol–water partition coefficient (Wildman–Crippen LogP) is -0.252. The molecule has 0 aromatic heterocycles. The summed E-state index contributed by atoms with van der Waals surface area (Å²) in [7, 11) is -2.76. The molecule has 0 saturated carbocycles. The van der Waals surface area contributed by atoms with Crippen LogP contribution in [0, 0.1) is 5.41 Å². The Morgan fingerprint density at radius 3 is 2.57 bits per heavy atom. The third kappa shape index (κ3) is 3.55. The third-order valence-electron chi connectivity index (χ3n) is 2.65. The van der Waals surface area contributed by atoms with Crippen molar-refractivity contribution in [3.8, 4) is 0 Å². The SMILES string of the molecule is CC(C)(CN)CNC1CCS(=O)(=O)C1. The van der Waals surface area contributed by atoms with Crippen molar-refractivity contribution in [3.05, 3.63) is 0 Å². The summed E-state index contributed by atoms with van der Waals surface area (Å²) in [6.07, 6.45) is 0.739. The maximum Gasteiger partial charge on any atom is 0.151 e. The summed E-state index contributed by atoms with van der Waals surface area (Å²) >= 11 is 0. The number of nitrogens with two attached hydrogens (primary N) is 1. The van der Waals surface area contributed by atoms with E-state index in [-0.39, 0.29) is 17.2 Å². The molecule has 1 rings (SSSR count). The highest BCUT2D eigenvalue weighted by Gasteiger charge is 2.28. The number of hydrogen-bond acceptors (Lipinski definition) is 4. The van der Waals surface area contributed by atoms with Crippen molar-refractivity contribution in [1.29, 1.82) is 0 Å². The highest BCUT2D eigenvalue weighted by atomic mass is 32.2. The molecule has 5 heteroatoms. The Hall–Kier alpha value is -0.130. The van der Waals surface area contributed by atoms with Gasteiger partial charge < -0.3 is 11.1 Å². The molecule has 1 aliphatic heterocycles. The minimum atomic E-state index is -2.76. The van der Waals surface area contributed by atoms with Gasteiger partial charge in [-0.15, -0.1) is 0 Å². The van der Waals surface area contributed by atoms with Crippen LogP contribution in [0.1, 0.15) is 20.3 Å². The van der Waals surface area contributed by atoms with Gasteiger partial charge in [-0.2, -0.15) is 0 Å². The van der Waals surface area contributed by atoms with Gasteiger partial charge in [0.15, 0.2) is 9.84 Å². The van der Waals surface area contributed by atoms with Crippen molar-refractivity contribution in [2.45, 2.75) is 26.3 Å². The normalized spacial score (nSPS) is 26.6. The van der Waals surface area contributed by atoms with Crippen LogP contribution in [-0.2, 0) is 9.84 Å². The summed E-state index contributed by atoms with van der Waals surface area (Å²) in [4.78, 5) is 0. The van der Waals surface area contributed by atoms with Crippen molar-refractivity contribution < 1.29 is 8.42 Å². The van der Waals surface area contributed by atoms with Crippen molar-refractivity contribution in [2.24, 2.45) is 11.1 Å². The van der Waals surface area contributed by atoms with Crippen LogP contribution < -0.4 is 11.1 Å². The smallest absolute Gasteiger partial charge is 0.151 e.